The van der Waals surface area contributed by atoms with Gasteiger partial charge in [-0.05, 0) is 31.5 Å². The maximum atomic E-state index is 11.9. The quantitative estimate of drug-likeness (QED) is 0.337. The zero-order chi connectivity index (χ0) is 23.1. The van der Waals surface area contributed by atoms with Crippen LogP contribution in [0.5, 0.6) is 0 Å². The average molecular weight is 452 g/mol. The summed E-state index contributed by atoms with van der Waals surface area (Å²) in [4.78, 5) is 33.5. The van der Waals surface area contributed by atoms with Gasteiger partial charge < -0.3 is 9.64 Å². The van der Waals surface area contributed by atoms with Crippen LogP contribution in [0.3, 0.4) is 0 Å². The number of aliphatic imine (C=N–C) groups is 1. The van der Waals surface area contributed by atoms with Gasteiger partial charge in [-0.25, -0.2) is 4.99 Å². The number of benzene rings is 1. The Balaban J connectivity index is 2.15. The average Bonchev–Trinajstić information content (AvgIpc) is 2.82. The van der Waals surface area contributed by atoms with Crippen LogP contribution in [0.4, 0.5) is 5.69 Å². The maximum absolute atomic E-state index is 11.9. The Morgan fingerprint density at radius 2 is 2.06 bits per heavy atom. The molecule has 10 heteroatoms. The summed E-state index contributed by atoms with van der Waals surface area (Å²) < 4.78 is 5.00. The van der Waals surface area contributed by atoms with Gasteiger partial charge in [0.2, 0.25) is 0 Å². The standard InChI is InChI=1S/C22H21N5O4S/c1-3-26-20(16-6-5-7-17(12-16)27(29)30)18(13-23)22(32-14-19(28)31-4-2)25-21(26)15-8-10-24-11-9-15/h5-12,20H,3-4,14H2,1-2H3. The van der Waals surface area contributed by atoms with Gasteiger partial charge in [0.25, 0.3) is 5.69 Å². The summed E-state index contributed by atoms with van der Waals surface area (Å²) in [5, 5.41) is 21.8. The third-order valence-corrected chi connectivity index (χ3v) is 5.69. The van der Waals surface area contributed by atoms with Gasteiger partial charge in [-0.15, -0.1) is 0 Å². The van der Waals surface area contributed by atoms with E-state index >= 15 is 0 Å². The van der Waals surface area contributed by atoms with Crippen LogP contribution >= 0.6 is 11.8 Å². The fourth-order valence-electron chi connectivity index (χ4n) is 3.38. The smallest absolute Gasteiger partial charge is 0.316 e. The first-order valence-electron chi connectivity index (χ1n) is 9.92. The van der Waals surface area contributed by atoms with Crippen molar-refractivity contribution in [2.24, 2.45) is 4.99 Å². The van der Waals surface area contributed by atoms with Crippen molar-refractivity contribution >= 4 is 29.3 Å². The lowest BCUT2D eigenvalue weighted by Gasteiger charge is -2.37. The molecule has 0 N–H and O–H groups in total. The molecule has 9 nitrogen and oxygen atoms in total. The Morgan fingerprint density at radius 1 is 1.31 bits per heavy atom. The first kappa shape index (κ1) is 23.0. The van der Waals surface area contributed by atoms with Crippen molar-refractivity contribution in [2.75, 3.05) is 18.9 Å². The lowest BCUT2D eigenvalue weighted by Crippen LogP contribution is -2.39. The van der Waals surface area contributed by atoms with Gasteiger partial charge in [-0.2, -0.15) is 5.26 Å². The number of esters is 1. The lowest BCUT2D eigenvalue weighted by atomic mass is 9.95. The summed E-state index contributed by atoms with van der Waals surface area (Å²) in [6.45, 7) is 4.40. The molecule has 0 amide bonds. The van der Waals surface area contributed by atoms with Gasteiger partial charge >= 0.3 is 5.97 Å². The summed E-state index contributed by atoms with van der Waals surface area (Å²) in [6.07, 6.45) is 3.28. The molecular formula is C22H21N5O4S. The zero-order valence-electron chi connectivity index (χ0n) is 17.6. The SMILES string of the molecule is CCOC(=O)CSC1=C(C#N)C(c2cccc([N+](=O)[O-])c2)N(CC)C(c2ccncc2)=N1. The number of hydrogen-bond donors (Lipinski definition) is 0. The predicted molar refractivity (Wildman–Crippen MR) is 121 cm³/mol. The Labute approximate surface area is 189 Å². The van der Waals surface area contributed by atoms with E-state index in [1.807, 2.05) is 11.8 Å². The second kappa shape index (κ2) is 10.5. The third kappa shape index (κ3) is 4.95. The van der Waals surface area contributed by atoms with Gasteiger partial charge in [-0.1, -0.05) is 23.9 Å². The van der Waals surface area contributed by atoms with E-state index in [2.05, 4.69) is 11.1 Å². The molecule has 1 aliphatic rings. The van der Waals surface area contributed by atoms with E-state index < -0.39 is 16.9 Å². The molecule has 0 saturated heterocycles. The van der Waals surface area contributed by atoms with Gasteiger partial charge in [0, 0.05) is 36.6 Å². The Bertz CT molecular complexity index is 1110. The highest BCUT2D eigenvalue weighted by Crippen LogP contribution is 2.40. The molecule has 0 radical (unpaired) electrons. The first-order valence-corrected chi connectivity index (χ1v) is 10.9. The molecule has 1 aromatic carbocycles. The Hall–Kier alpha value is -3.71. The van der Waals surface area contributed by atoms with Crippen molar-refractivity contribution in [1.82, 2.24) is 9.88 Å². The number of nitrogens with zero attached hydrogens (tertiary/aromatic N) is 5. The number of nitro benzene ring substituents is 1. The van der Waals surface area contributed by atoms with Crippen LogP contribution in [0.15, 0.2) is 64.4 Å². The van der Waals surface area contributed by atoms with E-state index in [0.29, 0.717) is 28.5 Å². The number of non-ortho nitro benzene ring substituents is 1. The fraction of sp³-hybridized carbons (Fsp3) is 0.273. The highest BCUT2D eigenvalue weighted by atomic mass is 32.2. The molecule has 164 valence electrons. The van der Waals surface area contributed by atoms with Crippen molar-refractivity contribution in [1.29, 1.82) is 5.26 Å². The van der Waals surface area contributed by atoms with Crippen LogP contribution in [-0.4, -0.2) is 45.5 Å². The van der Waals surface area contributed by atoms with Crippen molar-refractivity contribution in [2.45, 2.75) is 19.9 Å². The topological polar surface area (TPSA) is 122 Å². The number of hydrogen-bond acceptors (Lipinski definition) is 9. The van der Waals surface area contributed by atoms with E-state index in [9.17, 15) is 20.2 Å². The number of amidine groups is 1. The molecule has 0 saturated carbocycles. The molecule has 1 aromatic heterocycles. The number of pyridine rings is 1. The molecule has 0 fully saturated rings. The summed E-state index contributed by atoms with van der Waals surface area (Å²) in [6, 6.07) is 11.4. The number of nitro groups is 1. The number of likely N-dealkylation sites (N-methyl/N-ethyl adjacent to an activating group) is 1. The minimum atomic E-state index is -0.602. The number of thioether (sulfide) groups is 1. The Morgan fingerprint density at radius 3 is 2.69 bits per heavy atom. The number of rotatable bonds is 8. The van der Waals surface area contributed by atoms with Crippen LogP contribution in [0, 0.1) is 21.4 Å². The van der Waals surface area contributed by atoms with Gasteiger partial charge in [-0.3, -0.25) is 19.9 Å². The van der Waals surface area contributed by atoms with Gasteiger partial charge in [0.15, 0.2) is 0 Å². The highest BCUT2D eigenvalue weighted by molar-refractivity contribution is 8.03. The Kier molecular flexibility index (Phi) is 7.57. The second-order valence-electron chi connectivity index (χ2n) is 6.64. The van der Waals surface area contributed by atoms with Gasteiger partial charge in [0.05, 0.1) is 28.9 Å². The summed E-state index contributed by atoms with van der Waals surface area (Å²) in [5.41, 5.74) is 1.63. The largest absolute Gasteiger partial charge is 0.465 e. The monoisotopic (exact) mass is 451 g/mol. The molecule has 1 aliphatic heterocycles. The molecule has 1 unspecified atom stereocenters. The van der Waals surface area contributed by atoms with Crippen molar-refractivity contribution in [3.8, 4) is 6.07 Å². The number of ether oxygens (including phenoxy) is 1. The molecule has 32 heavy (non-hydrogen) atoms. The van der Waals surface area contributed by atoms with Crippen molar-refractivity contribution < 1.29 is 14.5 Å². The van der Waals surface area contributed by atoms with E-state index in [0.717, 1.165) is 17.3 Å². The van der Waals surface area contributed by atoms with E-state index in [1.165, 1.54) is 12.1 Å². The highest BCUT2D eigenvalue weighted by Gasteiger charge is 2.34. The number of nitriles is 1. The molecule has 0 spiro atoms. The van der Waals surface area contributed by atoms with Crippen LogP contribution in [-0.2, 0) is 9.53 Å². The maximum Gasteiger partial charge on any atom is 0.316 e. The van der Waals surface area contributed by atoms with Crippen LogP contribution in [0.2, 0.25) is 0 Å². The molecule has 2 aromatic rings. The van der Waals surface area contributed by atoms with E-state index in [4.69, 9.17) is 9.73 Å². The minimum Gasteiger partial charge on any atom is -0.465 e. The van der Waals surface area contributed by atoms with Crippen molar-refractivity contribution in [3.63, 3.8) is 0 Å². The van der Waals surface area contributed by atoms with Gasteiger partial charge in [0.1, 0.15) is 16.9 Å². The molecule has 0 bridgehead atoms. The normalized spacial score (nSPS) is 15.7. The molecular weight excluding hydrogens is 430 g/mol. The molecule has 2 heterocycles. The lowest BCUT2D eigenvalue weighted by molar-refractivity contribution is -0.384. The molecule has 0 aliphatic carbocycles. The van der Waals surface area contributed by atoms with Crippen LogP contribution < -0.4 is 0 Å². The number of carbonyl (C=O) groups excluding carboxylic acids is 1. The second-order valence-corrected chi connectivity index (χ2v) is 7.60. The fourth-order valence-corrected chi connectivity index (χ4v) is 4.19. The van der Waals surface area contributed by atoms with Crippen LogP contribution in [0.1, 0.15) is 31.0 Å². The van der Waals surface area contributed by atoms with Crippen LogP contribution in [0.25, 0.3) is 0 Å². The minimum absolute atomic E-state index is 0.00470. The first-order chi connectivity index (χ1) is 15.5. The van der Waals surface area contributed by atoms with E-state index in [-0.39, 0.29) is 18.0 Å². The number of aromatic nitrogens is 1. The summed E-state index contributed by atoms with van der Waals surface area (Å²) >= 11 is 1.12. The predicted octanol–water partition coefficient (Wildman–Crippen LogP) is 3.84. The third-order valence-electron chi connectivity index (χ3n) is 4.72. The molecule has 1 atom stereocenters. The zero-order valence-corrected chi connectivity index (χ0v) is 18.4. The molecule has 3 rings (SSSR count). The van der Waals surface area contributed by atoms with E-state index in [1.54, 1.807) is 43.6 Å². The summed E-state index contributed by atoms with van der Waals surface area (Å²) in [7, 11) is 0. The van der Waals surface area contributed by atoms with Crippen molar-refractivity contribution in [3.05, 3.63) is 80.6 Å². The summed E-state index contributed by atoms with van der Waals surface area (Å²) in [5.74, 6) is 0.180. The number of carbonyl (C=O) groups is 1.